The van der Waals surface area contributed by atoms with Crippen molar-refractivity contribution in [2.75, 3.05) is 18.9 Å². The fraction of sp³-hybridized carbons (Fsp3) is 0.318. The molecule has 0 saturated carbocycles. The molecule has 0 aromatic carbocycles. The molecule has 4 heterocycles. The van der Waals surface area contributed by atoms with E-state index in [0.29, 0.717) is 23.4 Å². The minimum absolute atomic E-state index is 0.152. The van der Waals surface area contributed by atoms with Crippen LogP contribution in [0.2, 0.25) is 0 Å². The van der Waals surface area contributed by atoms with E-state index in [1.807, 2.05) is 40.4 Å². The second-order valence-electron chi connectivity index (χ2n) is 7.31. The van der Waals surface area contributed by atoms with Crippen molar-refractivity contribution in [1.29, 1.82) is 0 Å². The summed E-state index contributed by atoms with van der Waals surface area (Å²) in [5.41, 5.74) is 2.59. The van der Waals surface area contributed by atoms with Crippen LogP contribution in [-0.4, -0.2) is 45.0 Å². The average Bonchev–Trinajstić information content (AvgIpc) is 3.37. The van der Waals surface area contributed by atoms with Crippen LogP contribution in [-0.2, 0) is 6.54 Å². The first-order valence-electron chi connectivity index (χ1n) is 9.88. The van der Waals surface area contributed by atoms with E-state index in [-0.39, 0.29) is 5.91 Å². The fourth-order valence-corrected chi connectivity index (χ4v) is 4.25. The maximum atomic E-state index is 12.7. The highest BCUT2D eigenvalue weighted by Crippen LogP contribution is 2.20. The van der Waals surface area contributed by atoms with Crippen molar-refractivity contribution in [3.63, 3.8) is 0 Å². The molecule has 1 saturated heterocycles. The van der Waals surface area contributed by atoms with E-state index in [4.69, 9.17) is 0 Å². The summed E-state index contributed by atoms with van der Waals surface area (Å²) >= 11 is 1.45. The van der Waals surface area contributed by atoms with Crippen LogP contribution in [0, 0.1) is 0 Å². The minimum Gasteiger partial charge on any atom is -0.339 e. The molecule has 1 atom stereocenters. The number of carbonyl (C=O) groups is 1. The highest BCUT2D eigenvalue weighted by atomic mass is 32.1. The quantitative estimate of drug-likeness (QED) is 0.667. The van der Waals surface area contributed by atoms with E-state index in [9.17, 15) is 4.79 Å². The van der Waals surface area contributed by atoms with Gasteiger partial charge in [0.1, 0.15) is 5.69 Å². The van der Waals surface area contributed by atoms with Gasteiger partial charge in [0.05, 0.1) is 5.69 Å². The van der Waals surface area contributed by atoms with Crippen molar-refractivity contribution < 1.29 is 4.79 Å². The normalized spacial score (nSPS) is 17.6. The van der Waals surface area contributed by atoms with E-state index < -0.39 is 0 Å². The highest BCUT2D eigenvalue weighted by Gasteiger charge is 2.16. The first kappa shape index (κ1) is 19.5. The molecule has 0 spiro atoms. The number of nitrogens with one attached hydrogen (secondary N) is 1. The van der Waals surface area contributed by atoms with Crippen molar-refractivity contribution in [3.05, 3.63) is 71.3 Å². The second-order valence-corrected chi connectivity index (χ2v) is 8.17. The summed E-state index contributed by atoms with van der Waals surface area (Å²) in [5, 5.41) is 5.52. The molecular formula is C22H25N5OS. The van der Waals surface area contributed by atoms with Gasteiger partial charge in [-0.1, -0.05) is 12.5 Å². The molecule has 0 aliphatic carbocycles. The van der Waals surface area contributed by atoms with E-state index in [1.54, 1.807) is 12.4 Å². The lowest BCUT2D eigenvalue weighted by atomic mass is 10.0. The van der Waals surface area contributed by atoms with Crippen LogP contribution in [0.3, 0.4) is 0 Å². The van der Waals surface area contributed by atoms with Crippen LogP contribution in [0.15, 0.2) is 54.3 Å². The zero-order valence-electron chi connectivity index (χ0n) is 16.5. The minimum atomic E-state index is -0.152. The number of amides is 1. The van der Waals surface area contributed by atoms with E-state index in [1.165, 1.54) is 30.6 Å². The first-order valence-corrected chi connectivity index (χ1v) is 10.8. The molecule has 1 amide bonds. The van der Waals surface area contributed by atoms with Crippen molar-refractivity contribution in [3.8, 4) is 0 Å². The molecule has 1 N–H and O–H groups in total. The monoisotopic (exact) mass is 407 g/mol. The van der Waals surface area contributed by atoms with Gasteiger partial charge in [-0.2, -0.15) is 0 Å². The molecular weight excluding hydrogens is 382 g/mol. The molecule has 4 rings (SSSR count). The zero-order valence-corrected chi connectivity index (χ0v) is 17.3. The summed E-state index contributed by atoms with van der Waals surface area (Å²) in [5.74, 6) is -0.152. The number of likely N-dealkylation sites (N-methyl/N-ethyl adjacent to an activating group) is 1. The Kier molecular flexibility index (Phi) is 6.17. The molecule has 1 aliphatic heterocycles. The summed E-state index contributed by atoms with van der Waals surface area (Å²) in [6.07, 6.45) is 13.4. The molecule has 150 valence electrons. The van der Waals surface area contributed by atoms with Gasteiger partial charge >= 0.3 is 0 Å². The third kappa shape index (κ3) is 4.99. The number of piperidine rings is 1. The predicted octanol–water partition coefficient (Wildman–Crippen LogP) is 4.14. The summed E-state index contributed by atoms with van der Waals surface area (Å²) < 4.78 is 1.93. The Morgan fingerprint density at radius 2 is 2.17 bits per heavy atom. The summed E-state index contributed by atoms with van der Waals surface area (Å²) in [6.45, 7) is 1.77. The molecule has 0 unspecified atom stereocenters. The van der Waals surface area contributed by atoms with Gasteiger partial charge in [0.15, 0.2) is 5.13 Å². The molecule has 0 bridgehead atoms. The zero-order chi connectivity index (χ0) is 20.1. The van der Waals surface area contributed by atoms with Crippen LogP contribution in [0.4, 0.5) is 5.13 Å². The maximum absolute atomic E-state index is 12.7. The van der Waals surface area contributed by atoms with Crippen LogP contribution in [0.5, 0.6) is 0 Å². The number of anilines is 1. The Bertz CT molecular complexity index is 978. The number of hydrogen-bond acceptors (Lipinski definition) is 5. The van der Waals surface area contributed by atoms with Crippen molar-refractivity contribution >= 4 is 28.5 Å². The lowest BCUT2D eigenvalue weighted by Crippen LogP contribution is -2.34. The maximum Gasteiger partial charge on any atom is 0.274 e. The lowest BCUT2D eigenvalue weighted by Gasteiger charge is -2.30. The van der Waals surface area contributed by atoms with Gasteiger partial charge in [-0.15, -0.1) is 11.3 Å². The smallest absolute Gasteiger partial charge is 0.274 e. The molecule has 1 aliphatic rings. The number of carbonyl (C=O) groups excluding carboxylic acids is 1. The number of thiazole rings is 1. The molecule has 3 aromatic heterocycles. The first-order chi connectivity index (χ1) is 14.2. The summed E-state index contributed by atoms with van der Waals surface area (Å²) in [7, 11) is 2.17. The molecule has 6 nitrogen and oxygen atoms in total. The van der Waals surface area contributed by atoms with Crippen molar-refractivity contribution in [2.45, 2.75) is 31.8 Å². The Hall–Kier alpha value is -2.77. The topological polar surface area (TPSA) is 63.1 Å². The SMILES string of the molecule is CN1CCCC[C@@H]1/C=C/c1csc(NC(=O)c2cccn2Cc2ccncc2)n1. The lowest BCUT2D eigenvalue weighted by molar-refractivity contribution is 0.101. The van der Waals surface area contributed by atoms with E-state index in [2.05, 4.69) is 39.4 Å². The van der Waals surface area contributed by atoms with Gasteiger partial charge < -0.3 is 4.57 Å². The molecule has 7 heteroatoms. The van der Waals surface area contributed by atoms with E-state index in [0.717, 1.165) is 17.8 Å². The van der Waals surface area contributed by atoms with Crippen LogP contribution < -0.4 is 5.32 Å². The third-order valence-corrected chi connectivity index (χ3v) is 6.00. The highest BCUT2D eigenvalue weighted by molar-refractivity contribution is 7.14. The number of hydrogen-bond donors (Lipinski definition) is 1. The predicted molar refractivity (Wildman–Crippen MR) is 117 cm³/mol. The Labute approximate surface area is 174 Å². The molecule has 0 radical (unpaired) electrons. The molecule has 29 heavy (non-hydrogen) atoms. The summed E-state index contributed by atoms with van der Waals surface area (Å²) in [4.78, 5) is 23.7. The van der Waals surface area contributed by atoms with Gasteiger partial charge in [-0.05, 0) is 62.3 Å². The number of likely N-dealkylation sites (tertiary alicyclic amines) is 1. The van der Waals surface area contributed by atoms with Crippen molar-refractivity contribution in [1.82, 2.24) is 19.4 Å². The van der Waals surface area contributed by atoms with E-state index >= 15 is 0 Å². The Morgan fingerprint density at radius 3 is 3.00 bits per heavy atom. The molecule has 1 fully saturated rings. The second kappa shape index (κ2) is 9.15. The number of pyridine rings is 1. The van der Waals surface area contributed by atoms with Crippen molar-refractivity contribution in [2.24, 2.45) is 0 Å². The number of aromatic nitrogens is 3. The van der Waals surface area contributed by atoms with Gasteiger partial charge in [-0.25, -0.2) is 4.98 Å². The largest absolute Gasteiger partial charge is 0.339 e. The van der Waals surface area contributed by atoms with Gasteiger partial charge in [-0.3, -0.25) is 20.0 Å². The van der Waals surface area contributed by atoms with Gasteiger partial charge in [0.2, 0.25) is 0 Å². The van der Waals surface area contributed by atoms with Crippen LogP contribution in [0.1, 0.15) is 41.0 Å². The molecule has 3 aromatic rings. The Balaban J connectivity index is 1.39. The summed E-state index contributed by atoms with van der Waals surface area (Å²) in [6, 6.07) is 8.08. The van der Waals surface area contributed by atoms with Crippen LogP contribution >= 0.6 is 11.3 Å². The number of rotatable bonds is 6. The average molecular weight is 408 g/mol. The number of nitrogens with zero attached hydrogens (tertiary/aromatic N) is 4. The van der Waals surface area contributed by atoms with Crippen LogP contribution in [0.25, 0.3) is 6.08 Å². The fourth-order valence-electron chi connectivity index (χ4n) is 3.58. The Morgan fingerprint density at radius 1 is 1.31 bits per heavy atom. The van der Waals surface area contributed by atoms with Gasteiger partial charge in [0.25, 0.3) is 5.91 Å². The van der Waals surface area contributed by atoms with Gasteiger partial charge in [0, 0.05) is 36.6 Å². The third-order valence-electron chi connectivity index (χ3n) is 5.22. The standard InChI is InChI=1S/C22H25N5OS/c1-26-13-3-2-5-19(26)8-7-18-16-29-22(24-18)25-21(28)20-6-4-14-27(20)15-17-9-11-23-12-10-17/h4,6-12,14,16,19H,2-3,5,13,15H2,1H3,(H,24,25,28)/b8-7+/t19-/m1/s1.